The lowest BCUT2D eigenvalue weighted by Gasteiger charge is -2.50. The summed E-state index contributed by atoms with van der Waals surface area (Å²) < 4.78 is 142. The van der Waals surface area contributed by atoms with E-state index in [0.717, 1.165) is 0 Å². The number of carbonyl (C=O) groups is 1. The Balaban J connectivity index is 0.000000230. The largest absolute Gasteiger partial charge is 0.396 e. The zero-order chi connectivity index (χ0) is 104. The number of aliphatic hydroxyl groups is 38. The van der Waals surface area contributed by atoms with Crippen LogP contribution in [0.3, 0.4) is 0 Å². The summed E-state index contributed by atoms with van der Waals surface area (Å²) in [7, 11) is 0. The van der Waals surface area contributed by atoms with Crippen LogP contribution in [0, 0.1) is 5.92 Å². The second-order valence-electron chi connectivity index (χ2n) is 36.8. The molecule has 36 heterocycles. The van der Waals surface area contributed by atoms with Crippen molar-refractivity contribution in [2.24, 2.45) is 5.92 Å². The molecule has 64 atom stereocenters. The van der Waals surface area contributed by atoms with Gasteiger partial charge in [-0.05, 0) is 6.42 Å². The van der Waals surface area contributed by atoms with Gasteiger partial charge in [0.15, 0.2) is 69.2 Å². The van der Waals surface area contributed by atoms with Crippen molar-refractivity contribution in [1.82, 2.24) is 0 Å². The highest BCUT2D eigenvalue weighted by Crippen LogP contribution is 2.45. The molecule has 36 saturated heterocycles. The maximum absolute atomic E-state index is 13.6. The van der Waals surface area contributed by atoms with E-state index in [9.17, 15) is 199 Å². The molecule has 64 heteroatoms. The fourth-order valence-corrected chi connectivity index (χ4v) is 19.7. The molecule has 38 N–H and O–H groups in total. The molecule has 0 aromatic heterocycles. The van der Waals surface area contributed by atoms with Crippen LogP contribution in [-0.4, -0.2) is 673 Å². The third-order valence-electron chi connectivity index (χ3n) is 27.8. The van der Waals surface area contributed by atoms with Crippen molar-refractivity contribution < 1.29 is 317 Å². The maximum atomic E-state index is 13.6. The smallest absolute Gasteiger partial charge is 0.221 e. The molecule has 0 aromatic rings. The summed E-state index contributed by atoms with van der Waals surface area (Å²) >= 11 is 0. The van der Waals surface area contributed by atoms with Crippen LogP contribution in [0.15, 0.2) is 0 Å². The molecule has 37 aliphatic rings. The first kappa shape index (κ1) is 116. The van der Waals surface area contributed by atoms with Crippen LogP contribution in [0.25, 0.3) is 0 Å². The minimum atomic E-state index is -2.36. The molecule has 26 bridgehead atoms. The number of rotatable bonds is 13. The lowest BCUT2D eigenvalue weighted by Crippen LogP contribution is -2.68. The van der Waals surface area contributed by atoms with Gasteiger partial charge in [0, 0.05) is 12.5 Å². The van der Waals surface area contributed by atoms with Gasteiger partial charge in [-0.1, -0.05) is 0 Å². The lowest BCUT2D eigenvalue weighted by atomic mass is 9.80. The van der Waals surface area contributed by atoms with Gasteiger partial charge in [-0.2, -0.15) is 0 Å². The van der Waals surface area contributed by atoms with Gasteiger partial charge in [0.1, 0.15) is 299 Å². The Labute approximate surface area is 805 Å². The van der Waals surface area contributed by atoms with Crippen LogP contribution >= 0.6 is 0 Å². The van der Waals surface area contributed by atoms with E-state index in [1.54, 1.807) is 0 Å². The fourth-order valence-electron chi connectivity index (χ4n) is 19.7. The van der Waals surface area contributed by atoms with Gasteiger partial charge in [-0.25, -0.2) is 0 Å². The molecular weight excluding hydrogens is 1970 g/mol. The number of aliphatic hydroxyl groups excluding tert-OH is 38. The molecule has 37 fully saturated rings. The van der Waals surface area contributed by atoms with Crippen LogP contribution in [0.2, 0.25) is 0 Å². The average Bonchev–Trinajstić information content (AvgIpc) is 0.940. The standard InChI is InChI=1S/C42H68O35.C37H62O29/c43-1-8-29-15(50)22(57)36(64-8)72-30-9(2-44)66-38(24(59)17(30)52)74-32-11(4-46)68-40(26(61)19(32)54)76-34-13(6-48)70-42(28(63)21(34)56)77-35-14(7-49)69-41(27(62)20(35)55)75-33-12(5-47)67-39(25(60)18(33)53)73-31-10(3-45)65-37(71-29)23(58)16(31)51;38-2-8-1-9-15(44)16(45)27(8)62-33-23(52)18(47)29(11(4-40)58-33)64-35-25(54)20(49)31(13(6-42)60-35)66-37-26(55)21(50)32(14(7-43)61-37)65-36-24(53)19(48)30(12(5-41)59-36)63-34-22(51)17(46)28(56-9)10(3-39)57-34/h8-27,29-62H,1-7H2;8-55H,1-7H2/t8-,9-,10-,11-,12-,13-,14-,15-,16-,17-,18-,19-,20-,21-,22-,23-,24-,25-,26-,27-,29-,30-,31-,32-,33?,34?,35-,36?,37?,38?,39?,40?,41?,42?;8-,9?,10-,11-,12-,13-,14-,15+,16-,17-,18-,19-,20-,21-,22-,23-,24-,25-,26-,27-,28-,29-,30-,31?,32?,33?,34?,35?,36?,37?/m11/s1. The first-order valence-corrected chi connectivity index (χ1v) is 45.9. The Morgan fingerprint density at radius 2 is 0.301 bits per heavy atom. The Hall–Kier alpha value is -2.85. The first-order chi connectivity index (χ1) is 68.1. The first-order valence-electron chi connectivity index (χ1n) is 45.9. The third kappa shape index (κ3) is 23.3. The molecule has 0 radical (unpaired) electrons. The third-order valence-corrected chi connectivity index (χ3v) is 27.8. The number of Topliss-reactive ketones (excluding diaryl/α,β-unsaturated/α-hetero) is 1. The van der Waals surface area contributed by atoms with Crippen molar-refractivity contribution >= 4 is 5.78 Å². The number of hydrogen-bond acceptors (Lipinski definition) is 64. The van der Waals surface area contributed by atoms with Gasteiger partial charge in [-0.3, -0.25) is 4.79 Å². The van der Waals surface area contributed by atoms with E-state index in [-0.39, 0.29) is 6.42 Å². The Morgan fingerprint density at radius 3 is 0.476 bits per heavy atom. The van der Waals surface area contributed by atoms with Crippen LogP contribution < -0.4 is 0 Å². The zero-order valence-electron chi connectivity index (χ0n) is 75.0. The minimum absolute atomic E-state index is 0.374. The Bertz CT molecular complexity index is 3570. The molecule has 37 rings (SSSR count). The molecule has 1 aliphatic carbocycles. The number of ether oxygens (including phenoxy) is 25. The quantitative estimate of drug-likeness (QED) is 0.0814. The second-order valence-corrected chi connectivity index (χ2v) is 36.8. The number of hydrogen-bond donors (Lipinski definition) is 38. The molecule has 0 amide bonds. The van der Waals surface area contributed by atoms with Gasteiger partial charge < -0.3 is 312 Å². The minimum Gasteiger partial charge on any atom is -0.396 e. The van der Waals surface area contributed by atoms with Gasteiger partial charge in [-0.15, -0.1) is 0 Å². The molecule has 0 spiro atoms. The molecule has 1 saturated carbocycles. The van der Waals surface area contributed by atoms with E-state index in [1.807, 2.05) is 0 Å². The molecule has 64 nitrogen and oxygen atoms in total. The summed E-state index contributed by atoms with van der Waals surface area (Å²) in [6, 6.07) is 0. The summed E-state index contributed by atoms with van der Waals surface area (Å²) in [5.41, 5.74) is 0. The Morgan fingerprint density at radius 1 is 0.154 bits per heavy atom. The van der Waals surface area contributed by atoms with Crippen molar-refractivity contribution in [3.05, 3.63) is 0 Å². The molecule has 830 valence electrons. The number of ketones is 1. The van der Waals surface area contributed by atoms with Crippen LogP contribution in [0.1, 0.15) is 6.42 Å². The highest BCUT2D eigenvalue weighted by Gasteiger charge is 2.65. The van der Waals surface area contributed by atoms with Crippen molar-refractivity contribution in [3.8, 4) is 0 Å². The number of carbonyl (C=O) groups excluding carboxylic acids is 1. The van der Waals surface area contributed by atoms with Crippen LogP contribution in [0.4, 0.5) is 0 Å². The summed E-state index contributed by atoms with van der Waals surface area (Å²) in [5, 5.41) is 415. The molecule has 17 unspecified atom stereocenters. The van der Waals surface area contributed by atoms with Gasteiger partial charge in [0.05, 0.1) is 91.5 Å². The molecule has 143 heavy (non-hydrogen) atoms. The van der Waals surface area contributed by atoms with Crippen molar-refractivity contribution in [1.29, 1.82) is 0 Å². The predicted octanol–water partition coefficient (Wildman–Crippen LogP) is -27.4. The van der Waals surface area contributed by atoms with E-state index in [1.165, 1.54) is 0 Å². The number of fused-ring (bicyclic) bond motifs is 7. The predicted molar refractivity (Wildman–Crippen MR) is 426 cm³/mol. The van der Waals surface area contributed by atoms with E-state index < -0.39 is 484 Å². The van der Waals surface area contributed by atoms with Gasteiger partial charge in [0.2, 0.25) is 12.1 Å². The van der Waals surface area contributed by atoms with Crippen LogP contribution in [-0.2, 0) is 123 Å². The lowest BCUT2D eigenvalue weighted by molar-refractivity contribution is -0.396. The van der Waals surface area contributed by atoms with E-state index in [0.29, 0.717) is 0 Å². The van der Waals surface area contributed by atoms with Crippen molar-refractivity contribution in [2.75, 3.05) is 85.9 Å². The maximum Gasteiger partial charge on any atom is 0.221 e. The second kappa shape index (κ2) is 49.7. The average molecular weight is 2100 g/mol. The fraction of sp³-hybridized carbons (Fsp3) is 0.987. The van der Waals surface area contributed by atoms with E-state index in [2.05, 4.69) is 0 Å². The Kier molecular flexibility index (Phi) is 40.2. The van der Waals surface area contributed by atoms with Gasteiger partial charge in [0.25, 0.3) is 0 Å². The summed E-state index contributed by atoms with van der Waals surface area (Å²) in [4.78, 5) is 13.6. The highest BCUT2D eigenvalue weighted by atomic mass is 16.8. The molecular formula is C79H130O64. The monoisotopic (exact) mass is 2100 g/mol. The summed E-state index contributed by atoms with van der Waals surface area (Å²) in [6.07, 6.45) is -124. The SMILES string of the molecule is O=C1C2O[C@H]3[C@H](O)[C@@H](O)C(OC4[C@@H](CO)OC(O[C@H]5[C@H](O)[C@@H](O)C(O[C@H]6[C@H](O)[C@@H](O)C(O[C@H]7[C@H](O)[C@@H](O)C(O[C@H]8[C@H](O)[C@@H](O)C(OC([C@@H]1O)[C@@H](CO)O2)O[C@@H]8CO)O[C@@H]7CO)O[C@@H]6CO)O[C@@H]5CO)[C@H](O)[C@H]4O)O[C@@H]3CO.OC[C@H]1CC2O[C@H]3[C@H](O)[C@@H](O)C(O[C@H]4[C@H](O)[C@@H](O)C(OC5[C@@H](CO)OC(OC6[C@@H](CO)OC(O[C@H]7[C@H](O)[C@@H](O)C(O[C@H]1[C@H](O)[C@H]2O)O[C@@H]7CO)[C@H](O)[C@H]6O)[C@H](O)[C@H]5O)O[C@@H]4CO)O[C@@H]3CO. The topological polar surface area (TPSA) is 1020 Å². The zero-order valence-corrected chi connectivity index (χ0v) is 75.0. The molecule has 36 aliphatic heterocycles. The van der Waals surface area contributed by atoms with E-state index >= 15 is 0 Å². The summed E-state index contributed by atoms with van der Waals surface area (Å²) in [5.74, 6) is -2.56. The van der Waals surface area contributed by atoms with E-state index in [4.69, 9.17) is 118 Å². The van der Waals surface area contributed by atoms with Crippen LogP contribution in [0.5, 0.6) is 0 Å². The summed E-state index contributed by atoms with van der Waals surface area (Å²) in [6.45, 7) is -13.1. The normalized spacial score (nSPS) is 54.9. The van der Waals surface area contributed by atoms with Crippen molar-refractivity contribution in [3.63, 3.8) is 0 Å². The van der Waals surface area contributed by atoms with Crippen molar-refractivity contribution in [2.45, 2.75) is 393 Å². The highest BCUT2D eigenvalue weighted by molar-refractivity contribution is 5.87. The molecule has 0 aromatic carbocycles. The van der Waals surface area contributed by atoms with Gasteiger partial charge >= 0.3 is 0 Å².